The number of H-pyrrole nitrogens is 1. The van der Waals surface area contributed by atoms with Gasteiger partial charge in [-0.25, -0.2) is 0 Å². The first-order valence-electron chi connectivity index (χ1n) is 15.3. The van der Waals surface area contributed by atoms with Gasteiger partial charge in [0.2, 0.25) is 5.91 Å². The van der Waals surface area contributed by atoms with Crippen LogP contribution in [0.25, 0.3) is 10.9 Å². The Morgan fingerprint density at radius 3 is 2.47 bits per heavy atom. The van der Waals surface area contributed by atoms with Gasteiger partial charge in [0.15, 0.2) is 0 Å². The molecule has 0 saturated carbocycles. The first-order chi connectivity index (χ1) is 20.7. The lowest BCUT2D eigenvalue weighted by Crippen LogP contribution is -2.34. The van der Waals surface area contributed by atoms with Crippen molar-refractivity contribution in [1.82, 2.24) is 10.3 Å². The van der Waals surface area contributed by atoms with Crippen molar-refractivity contribution in [1.29, 1.82) is 0 Å². The van der Waals surface area contributed by atoms with Gasteiger partial charge in [-0.3, -0.25) is 9.59 Å². The van der Waals surface area contributed by atoms with Crippen LogP contribution in [0.15, 0.2) is 72.9 Å². The second-order valence-electron chi connectivity index (χ2n) is 12.3. The molecule has 1 aliphatic rings. The molecule has 1 saturated heterocycles. The predicted octanol–water partition coefficient (Wildman–Crippen LogP) is 6.89. The number of nitrogens with zero attached hydrogens (tertiary/aromatic N) is 1. The molecule has 1 atom stereocenters. The number of benzene rings is 3. The van der Waals surface area contributed by atoms with Gasteiger partial charge < -0.3 is 24.7 Å². The maximum Gasteiger partial charge on any atom is 0.306 e. The van der Waals surface area contributed by atoms with Crippen LogP contribution < -0.4 is 15.0 Å². The number of methoxy groups -OCH3 is 1. The molecular formula is C36H43N3O4. The van der Waals surface area contributed by atoms with Gasteiger partial charge in [0.05, 0.1) is 19.6 Å². The van der Waals surface area contributed by atoms with Crippen molar-refractivity contribution in [2.75, 3.05) is 25.1 Å². The van der Waals surface area contributed by atoms with E-state index in [1.165, 1.54) is 6.42 Å². The number of aromatic amines is 1. The molecule has 226 valence electrons. The zero-order chi connectivity index (χ0) is 30.4. The Balaban J connectivity index is 1.38. The van der Waals surface area contributed by atoms with E-state index in [2.05, 4.69) is 45.5 Å². The molecule has 7 nitrogen and oxygen atoms in total. The Kier molecular flexibility index (Phi) is 9.39. The average Bonchev–Trinajstić information content (AvgIpc) is 3.40. The highest BCUT2D eigenvalue weighted by molar-refractivity contribution is 5.87. The van der Waals surface area contributed by atoms with E-state index in [0.29, 0.717) is 12.8 Å². The van der Waals surface area contributed by atoms with Crippen molar-refractivity contribution in [3.8, 4) is 5.75 Å². The summed E-state index contributed by atoms with van der Waals surface area (Å²) in [4.78, 5) is 31.7. The van der Waals surface area contributed by atoms with Gasteiger partial charge in [-0.15, -0.1) is 0 Å². The van der Waals surface area contributed by atoms with E-state index >= 15 is 0 Å². The number of nitrogens with one attached hydrogen (secondary N) is 2. The molecule has 2 heterocycles. The zero-order valence-electron chi connectivity index (χ0n) is 25.7. The summed E-state index contributed by atoms with van der Waals surface area (Å²) in [6.07, 6.45) is 6.61. The largest absolute Gasteiger partial charge is 0.497 e. The Labute approximate surface area is 254 Å². The molecule has 1 fully saturated rings. The molecule has 0 spiro atoms. The van der Waals surface area contributed by atoms with E-state index in [1.54, 1.807) is 7.11 Å². The number of ether oxygens (including phenoxy) is 2. The Morgan fingerprint density at radius 1 is 0.977 bits per heavy atom. The maximum absolute atomic E-state index is 13.7. The molecule has 4 aromatic rings. The number of aromatic nitrogens is 1. The summed E-state index contributed by atoms with van der Waals surface area (Å²) in [7, 11) is 1.68. The van der Waals surface area contributed by atoms with E-state index < -0.39 is 5.60 Å². The van der Waals surface area contributed by atoms with Gasteiger partial charge in [0.25, 0.3) is 0 Å². The number of carbonyl (C=O) groups excluding carboxylic acids is 2. The lowest BCUT2D eigenvalue weighted by atomic mass is 9.95. The van der Waals surface area contributed by atoms with Crippen molar-refractivity contribution < 1.29 is 19.1 Å². The summed E-state index contributed by atoms with van der Waals surface area (Å²) >= 11 is 0. The molecule has 1 aromatic heterocycles. The SMILES string of the molecule is COc1ccc(N2CCCCC2)c(C(NC(=O)Cc2ccc3[nH]cc(CCC(=O)OC(C)(C)C)c3c2)c2ccccc2)c1. The summed E-state index contributed by atoms with van der Waals surface area (Å²) in [5, 5.41) is 4.38. The zero-order valence-corrected chi connectivity index (χ0v) is 25.7. The van der Waals surface area contributed by atoms with Gasteiger partial charge in [-0.2, -0.15) is 0 Å². The molecule has 3 aromatic carbocycles. The molecule has 1 unspecified atom stereocenters. The van der Waals surface area contributed by atoms with Crippen LogP contribution in [0.4, 0.5) is 5.69 Å². The van der Waals surface area contributed by atoms with Crippen LogP contribution in [0.5, 0.6) is 5.75 Å². The molecular weight excluding hydrogens is 538 g/mol. The van der Waals surface area contributed by atoms with Crippen molar-refractivity contribution in [2.45, 2.75) is 70.9 Å². The fourth-order valence-electron chi connectivity index (χ4n) is 5.87. The minimum atomic E-state index is -0.505. The Bertz CT molecular complexity index is 1550. The molecule has 0 radical (unpaired) electrons. The number of amides is 1. The normalized spacial score (nSPS) is 14.4. The van der Waals surface area contributed by atoms with Crippen molar-refractivity contribution in [3.05, 3.63) is 95.2 Å². The second-order valence-corrected chi connectivity index (χ2v) is 12.3. The number of fused-ring (bicyclic) bond motifs is 1. The number of esters is 1. The number of anilines is 1. The number of rotatable bonds is 10. The second kappa shape index (κ2) is 13.4. The first kappa shape index (κ1) is 30.2. The monoisotopic (exact) mass is 581 g/mol. The maximum atomic E-state index is 13.7. The highest BCUT2D eigenvalue weighted by Gasteiger charge is 2.24. The lowest BCUT2D eigenvalue weighted by molar-refractivity contribution is -0.154. The number of hydrogen-bond donors (Lipinski definition) is 2. The van der Waals surface area contributed by atoms with Crippen molar-refractivity contribution in [2.24, 2.45) is 0 Å². The fourth-order valence-corrected chi connectivity index (χ4v) is 5.87. The average molecular weight is 582 g/mol. The quantitative estimate of drug-likeness (QED) is 0.199. The van der Waals surface area contributed by atoms with Gasteiger partial charge in [-0.05, 0) is 93.5 Å². The van der Waals surface area contributed by atoms with Crippen LogP contribution in [0, 0.1) is 0 Å². The van der Waals surface area contributed by atoms with E-state index in [0.717, 1.165) is 70.5 Å². The van der Waals surface area contributed by atoms with Crippen LogP contribution >= 0.6 is 0 Å². The topological polar surface area (TPSA) is 83.7 Å². The fraction of sp³-hybridized carbons (Fsp3) is 0.389. The standard InChI is InChI=1S/C36H43N3O4/c1-36(2,3)43-34(41)18-14-27-24-37-31-16-13-25(21-29(27)31)22-33(40)38-35(26-11-7-5-8-12-26)30-23-28(42-4)15-17-32(30)39-19-9-6-10-20-39/h5,7-8,11-13,15-17,21,23-24,35,37H,6,9-10,14,18-20,22H2,1-4H3,(H,38,40). The predicted molar refractivity (Wildman–Crippen MR) is 172 cm³/mol. The van der Waals surface area contributed by atoms with E-state index in [-0.39, 0.29) is 24.3 Å². The molecule has 1 amide bonds. The third kappa shape index (κ3) is 7.78. The van der Waals surface area contributed by atoms with E-state index in [1.807, 2.05) is 63.4 Å². The van der Waals surface area contributed by atoms with Gasteiger partial charge in [0, 0.05) is 47.9 Å². The van der Waals surface area contributed by atoms with E-state index in [9.17, 15) is 9.59 Å². The van der Waals surface area contributed by atoms with Crippen LogP contribution in [0.3, 0.4) is 0 Å². The molecule has 43 heavy (non-hydrogen) atoms. The third-order valence-electron chi connectivity index (χ3n) is 7.90. The van der Waals surface area contributed by atoms with Crippen LogP contribution in [0.1, 0.15) is 74.8 Å². The molecule has 0 aliphatic carbocycles. The number of aryl methyl sites for hydroxylation is 1. The van der Waals surface area contributed by atoms with Crippen LogP contribution in [0.2, 0.25) is 0 Å². The summed E-state index contributed by atoms with van der Waals surface area (Å²) in [5.41, 5.74) is 5.62. The van der Waals surface area contributed by atoms with Gasteiger partial charge >= 0.3 is 5.97 Å². The Hall–Kier alpha value is -4.26. The van der Waals surface area contributed by atoms with Gasteiger partial charge in [-0.1, -0.05) is 36.4 Å². The number of hydrogen-bond acceptors (Lipinski definition) is 5. The minimum absolute atomic E-state index is 0.0635. The summed E-state index contributed by atoms with van der Waals surface area (Å²) in [5.74, 6) is 0.486. The van der Waals surface area contributed by atoms with Crippen molar-refractivity contribution >= 4 is 28.5 Å². The highest BCUT2D eigenvalue weighted by Crippen LogP contribution is 2.35. The van der Waals surface area contributed by atoms with Crippen molar-refractivity contribution in [3.63, 3.8) is 0 Å². The molecule has 2 N–H and O–H groups in total. The molecule has 5 rings (SSSR count). The van der Waals surface area contributed by atoms with E-state index in [4.69, 9.17) is 9.47 Å². The summed E-state index contributed by atoms with van der Waals surface area (Å²) < 4.78 is 11.1. The minimum Gasteiger partial charge on any atom is -0.497 e. The Morgan fingerprint density at radius 2 is 1.74 bits per heavy atom. The number of piperidine rings is 1. The lowest BCUT2D eigenvalue weighted by Gasteiger charge is -2.33. The summed E-state index contributed by atoms with van der Waals surface area (Å²) in [6, 6.07) is 22.0. The highest BCUT2D eigenvalue weighted by atomic mass is 16.6. The molecule has 0 bridgehead atoms. The van der Waals surface area contributed by atoms with Gasteiger partial charge in [0.1, 0.15) is 11.4 Å². The van der Waals surface area contributed by atoms with Crippen LogP contribution in [-0.2, 0) is 27.2 Å². The smallest absolute Gasteiger partial charge is 0.306 e. The first-order valence-corrected chi connectivity index (χ1v) is 15.3. The molecule has 1 aliphatic heterocycles. The number of carbonyl (C=O) groups is 2. The molecule has 7 heteroatoms. The summed E-state index contributed by atoms with van der Waals surface area (Å²) in [6.45, 7) is 7.63. The third-order valence-corrected chi connectivity index (χ3v) is 7.90. The van der Waals surface area contributed by atoms with Crippen LogP contribution in [-0.4, -0.2) is 42.7 Å².